The number of amides is 1. The van der Waals surface area contributed by atoms with Gasteiger partial charge in [-0.3, -0.25) is 9.59 Å². The van der Waals surface area contributed by atoms with E-state index < -0.39 is 6.04 Å². The summed E-state index contributed by atoms with van der Waals surface area (Å²) in [6.07, 6.45) is 2.73. The smallest absolute Gasteiger partial charge is 0.290 e. The second kappa shape index (κ2) is 8.32. The Hall–Kier alpha value is -3.31. The molecule has 0 fully saturated rings. The largest absolute Gasteiger partial charge is 0.450 e. The molecule has 1 aromatic heterocycles. The third-order valence-electron chi connectivity index (χ3n) is 6.04. The summed E-state index contributed by atoms with van der Waals surface area (Å²) < 4.78 is 6.04. The Morgan fingerprint density at radius 1 is 0.969 bits per heavy atom. The van der Waals surface area contributed by atoms with Gasteiger partial charge >= 0.3 is 0 Å². The van der Waals surface area contributed by atoms with Crippen molar-refractivity contribution in [1.82, 2.24) is 4.90 Å². The van der Waals surface area contributed by atoms with Gasteiger partial charge < -0.3 is 9.32 Å². The number of thioether (sulfide) groups is 1. The number of carbonyl (C=O) groups excluding carboxylic acids is 1. The van der Waals surface area contributed by atoms with Crippen molar-refractivity contribution in [2.45, 2.75) is 24.3 Å². The minimum atomic E-state index is -0.460. The summed E-state index contributed by atoms with van der Waals surface area (Å²) >= 11 is 1.66. The Morgan fingerprint density at radius 3 is 2.44 bits per heavy atom. The van der Waals surface area contributed by atoms with Crippen LogP contribution in [-0.2, 0) is 6.42 Å². The molecular formula is C27H23NO3S. The van der Waals surface area contributed by atoms with Crippen molar-refractivity contribution in [1.29, 1.82) is 0 Å². The van der Waals surface area contributed by atoms with E-state index in [4.69, 9.17) is 4.42 Å². The molecule has 5 rings (SSSR count). The van der Waals surface area contributed by atoms with Crippen LogP contribution in [0.25, 0.3) is 11.0 Å². The van der Waals surface area contributed by atoms with E-state index >= 15 is 0 Å². The lowest BCUT2D eigenvalue weighted by molar-refractivity contribution is 0.0730. The normalized spacial score (nSPS) is 15.4. The number of carbonyl (C=O) groups is 1. The number of hydrogen-bond donors (Lipinski definition) is 0. The van der Waals surface area contributed by atoms with Crippen LogP contribution in [0.15, 0.2) is 86.9 Å². The van der Waals surface area contributed by atoms with Crippen molar-refractivity contribution in [3.05, 3.63) is 111 Å². The molecule has 0 saturated carbocycles. The summed E-state index contributed by atoms with van der Waals surface area (Å²) in [7, 11) is 0. The second-order valence-corrected chi connectivity index (χ2v) is 8.96. The molecule has 0 bridgehead atoms. The first-order valence-electron chi connectivity index (χ1n) is 10.6. The maximum absolute atomic E-state index is 13.6. The standard InChI is InChI=1S/C27H23NO3S/c1-17-8-13-22-21(16-17)25(29)23-24(19-9-11-20(32-2)12-10-19)28(27(30)26(23)31-22)15-14-18-6-4-3-5-7-18/h3-13,16,24H,14-15H2,1-2H3. The van der Waals surface area contributed by atoms with Crippen molar-refractivity contribution in [2.24, 2.45) is 0 Å². The summed E-state index contributed by atoms with van der Waals surface area (Å²) in [6.45, 7) is 2.44. The van der Waals surface area contributed by atoms with Crippen LogP contribution < -0.4 is 5.43 Å². The third kappa shape index (κ3) is 3.53. The Balaban J connectivity index is 1.65. The maximum atomic E-state index is 13.6. The molecule has 1 atom stereocenters. The molecule has 160 valence electrons. The number of benzene rings is 3. The molecule has 2 heterocycles. The minimum Gasteiger partial charge on any atom is -0.450 e. The zero-order valence-corrected chi connectivity index (χ0v) is 18.8. The van der Waals surface area contributed by atoms with E-state index in [1.165, 1.54) is 0 Å². The first-order chi connectivity index (χ1) is 15.6. The van der Waals surface area contributed by atoms with Gasteiger partial charge in [-0.2, -0.15) is 0 Å². The average Bonchev–Trinajstić information content (AvgIpc) is 3.10. The van der Waals surface area contributed by atoms with Gasteiger partial charge in [0.05, 0.1) is 17.0 Å². The van der Waals surface area contributed by atoms with Crippen molar-refractivity contribution in [3.63, 3.8) is 0 Å². The van der Waals surface area contributed by atoms with E-state index in [0.717, 1.165) is 21.6 Å². The van der Waals surface area contributed by atoms with Gasteiger partial charge in [0.25, 0.3) is 5.91 Å². The monoisotopic (exact) mass is 441 g/mol. The van der Waals surface area contributed by atoms with E-state index in [1.807, 2.05) is 67.8 Å². The molecular weight excluding hydrogens is 418 g/mol. The first-order valence-corrected chi connectivity index (χ1v) is 11.9. The third-order valence-corrected chi connectivity index (χ3v) is 6.78. The van der Waals surface area contributed by atoms with Gasteiger partial charge in [0.15, 0.2) is 5.43 Å². The van der Waals surface area contributed by atoms with Gasteiger partial charge in [-0.05, 0) is 55.0 Å². The lowest BCUT2D eigenvalue weighted by Crippen LogP contribution is -2.31. The van der Waals surface area contributed by atoms with E-state index in [2.05, 4.69) is 12.1 Å². The average molecular weight is 442 g/mol. The van der Waals surface area contributed by atoms with Gasteiger partial charge in [0.2, 0.25) is 5.76 Å². The van der Waals surface area contributed by atoms with Crippen LogP contribution in [0.5, 0.6) is 0 Å². The molecule has 5 heteroatoms. The highest BCUT2D eigenvalue weighted by molar-refractivity contribution is 7.98. The molecule has 0 spiro atoms. The molecule has 1 unspecified atom stereocenters. The molecule has 1 amide bonds. The van der Waals surface area contributed by atoms with Crippen LogP contribution in [0.2, 0.25) is 0 Å². The van der Waals surface area contributed by atoms with Crippen LogP contribution in [0.1, 0.15) is 38.9 Å². The highest BCUT2D eigenvalue weighted by Crippen LogP contribution is 2.38. The predicted molar refractivity (Wildman–Crippen MR) is 128 cm³/mol. The SMILES string of the molecule is CSc1ccc(C2c3c(oc4ccc(C)cc4c3=O)C(=O)N2CCc2ccccc2)cc1. The fourth-order valence-electron chi connectivity index (χ4n) is 4.39. The summed E-state index contributed by atoms with van der Waals surface area (Å²) in [4.78, 5) is 30.0. The molecule has 3 aromatic carbocycles. The Morgan fingerprint density at radius 2 is 1.72 bits per heavy atom. The molecule has 0 saturated heterocycles. The lowest BCUT2D eigenvalue weighted by atomic mass is 9.98. The van der Waals surface area contributed by atoms with Crippen LogP contribution in [0.4, 0.5) is 0 Å². The fourth-order valence-corrected chi connectivity index (χ4v) is 4.80. The first kappa shape index (κ1) is 20.6. The Kier molecular flexibility index (Phi) is 5.35. The number of fused-ring (bicyclic) bond motifs is 2. The van der Waals surface area contributed by atoms with Crippen LogP contribution >= 0.6 is 11.8 Å². The zero-order chi connectivity index (χ0) is 22.2. The van der Waals surface area contributed by atoms with E-state index in [-0.39, 0.29) is 17.1 Å². The van der Waals surface area contributed by atoms with Gasteiger partial charge in [0, 0.05) is 11.4 Å². The Labute approximate surface area is 190 Å². The van der Waals surface area contributed by atoms with E-state index in [1.54, 1.807) is 22.7 Å². The summed E-state index contributed by atoms with van der Waals surface area (Å²) in [6, 6.07) is 23.2. The molecule has 0 N–H and O–H groups in total. The van der Waals surface area contributed by atoms with Crippen LogP contribution in [-0.4, -0.2) is 23.6 Å². The summed E-state index contributed by atoms with van der Waals surface area (Å²) in [5, 5.41) is 0.521. The zero-order valence-electron chi connectivity index (χ0n) is 18.0. The van der Waals surface area contributed by atoms with Gasteiger partial charge in [-0.1, -0.05) is 54.1 Å². The number of rotatable bonds is 5. The highest BCUT2D eigenvalue weighted by Gasteiger charge is 2.42. The fraction of sp³-hybridized carbons (Fsp3) is 0.185. The molecule has 0 radical (unpaired) electrons. The van der Waals surface area contributed by atoms with Crippen LogP contribution in [0, 0.1) is 6.92 Å². The molecule has 4 aromatic rings. The molecule has 0 aliphatic carbocycles. The topological polar surface area (TPSA) is 50.5 Å². The number of nitrogens with zero attached hydrogens (tertiary/aromatic N) is 1. The maximum Gasteiger partial charge on any atom is 0.290 e. The van der Waals surface area contributed by atoms with Crippen LogP contribution in [0.3, 0.4) is 0 Å². The lowest BCUT2D eigenvalue weighted by Gasteiger charge is -2.25. The quantitative estimate of drug-likeness (QED) is 0.378. The summed E-state index contributed by atoms with van der Waals surface area (Å²) in [5.41, 5.74) is 3.82. The summed E-state index contributed by atoms with van der Waals surface area (Å²) in [5.74, 6) is -0.0622. The van der Waals surface area contributed by atoms with Gasteiger partial charge in [-0.25, -0.2) is 0 Å². The molecule has 4 nitrogen and oxygen atoms in total. The second-order valence-electron chi connectivity index (χ2n) is 8.08. The minimum absolute atomic E-state index is 0.126. The van der Waals surface area contributed by atoms with Crippen molar-refractivity contribution < 1.29 is 9.21 Å². The molecule has 1 aliphatic rings. The van der Waals surface area contributed by atoms with Crippen molar-refractivity contribution in [2.75, 3.05) is 12.8 Å². The van der Waals surface area contributed by atoms with Crippen molar-refractivity contribution in [3.8, 4) is 0 Å². The van der Waals surface area contributed by atoms with E-state index in [9.17, 15) is 9.59 Å². The predicted octanol–water partition coefficient (Wildman–Crippen LogP) is 5.61. The van der Waals surface area contributed by atoms with Crippen molar-refractivity contribution >= 4 is 28.6 Å². The highest BCUT2D eigenvalue weighted by atomic mass is 32.2. The van der Waals surface area contributed by atoms with E-state index in [0.29, 0.717) is 29.5 Å². The Bertz CT molecular complexity index is 1360. The molecule has 1 aliphatic heterocycles. The van der Waals surface area contributed by atoms with Gasteiger partial charge in [0.1, 0.15) is 5.58 Å². The number of aryl methyl sites for hydroxylation is 1. The van der Waals surface area contributed by atoms with Gasteiger partial charge in [-0.15, -0.1) is 11.8 Å². The number of hydrogen-bond acceptors (Lipinski definition) is 4. The molecule has 32 heavy (non-hydrogen) atoms.